The number of hydrogen-bond acceptors (Lipinski definition) is 3. The number of hydrogen-bond donors (Lipinski definition) is 0. The van der Waals surface area contributed by atoms with E-state index in [1.54, 1.807) is 0 Å². The highest BCUT2D eigenvalue weighted by Crippen LogP contribution is 2.65. The molecule has 11 rings (SSSR count). The molecule has 9 aromatic rings. The third kappa shape index (κ3) is 3.91. The van der Waals surface area contributed by atoms with E-state index in [-0.39, 0.29) is 0 Å². The van der Waals surface area contributed by atoms with Gasteiger partial charge in [0.05, 0.1) is 27.9 Å². The molecule has 8 aromatic carbocycles. The van der Waals surface area contributed by atoms with E-state index in [1.807, 2.05) is 6.07 Å². The molecule has 0 radical (unpaired) electrons. The summed E-state index contributed by atoms with van der Waals surface area (Å²) in [6, 6.07) is 70.2. The molecule has 0 bridgehead atoms. The summed E-state index contributed by atoms with van der Waals surface area (Å²) < 4.78 is 6.41. The molecule has 1 unspecified atom stereocenters. The first-order chi connectivity index (χ1) is 25.8. The van der Waals surface area contributed by atoms with Gasteiger partial charge in [-0.05, 0) is 94.5 Å². The Labute approximate surface area is 302 Å². The minimum absolute atomic E-state index is 0.545. The normalized spacial score (nSPS) is 15.3. The minimum atomic E-state index is -0.545. The number of furan rings is 1. The van der Waals surface area contributed by atoms with Crippen molar-refractivity contribution < 1.29 is 4.42 Å². The van der Waals surface area contributed by atoms with Crippen LogP contribution in [0.25, 0.3) is 33.1 Å². The zero-order valence-electron chi connectivity index (χ0n) is 28.3. The van der Waals surface area contributed by atoms with Crippen molar-refractivity contribution in [2.75, 3.05) is 9.80 Å². The predicted molar refractivity (Wildman–Crippen MR) is 214 cm³/mol. The fraction of sp³-hybridized carbons (Fsp3) is 0.0204. The summed E-state index contributed by atoms with van der Waals surface area (Å²) in [5, 5.41) is 2.21. The number of fused-ring (bicyclic) bond motifs is 8. The lowest BCUT2D eigenvalue weighted by molar-refractivity contribution is 0.669. The van der Waals surface area contributed by atoms with Crippen LogP contribution >= 0.6 is 0 Å². The molecule has 0 saturated heterocycles. The smallest absolute Gasteiger partial charge is 0.137 e. The molecule has 1 atom stereocenters. The lowest BCUT2D eigenvalue weighted by Gasteiger charge is -2.44. The Hall–Kier alpha value is -6.84. The molecule has 2 heterocycles. The first kappa shape index (κ1) is 28.9. The van der Waals surface area contributed by atoms with Gasteiger partial charge in [-0.25, -0.2) is 0 Å². The molecule has 1 aromatic heterocycles. The van der Waals surface area contributed by atoms with Crippen LogP contribution in [0.4, 0.5) is 34.1 Å². The quantitative estimate of drug-likeness (QED) is 0.183. The molecule has 0 fully saturated rings. The van der Waals surface area contributed by atoms with Crippen molar-refractivity contribution in [1.29, 1.82) is 0 Å². The molecule has 1 aliphatic heterocycles. The van der Waals surface area contributed by atoms with Crippen molar-refractivity contribution in [2.24, 2.45) is 0 Å². The fourth-order valence-corrected chi connectivity index (χ4v) is 9.04. The van der Waals surface area contributed by atoms with Crippen LogP contribution in [0.3, 0.4) is 0 Å². The maximum atomic E-state index is 6.41. The third-order valence-electron chi connectivity index (χ3n) is 11.0. The molecule has 3 nitrogen and oxygen atoms in total. The maximum absolute atomic E-state index is 6.41. The standard InChI is InChI=1S/C49H32N2O/c1-4-16-33(17-5-1)49-40-24-11-12-25-42(40)51(35-20-8-3-9-21-35)44-27-14-23-38(48(44)49)37-31-30-36(32-41(37)49)50(34-18-6-2-7-19-34)43-26-15-29-46-47(43)39-22-10-13-28-45(39)52-46/h1-32H. The molecule has 0 saturated carbocycles. The highest BCUT2D eigenvalue weighted by atomic mass is 16.3. The molecule has 52 heavy (non-hydrogen) atoms. The van der Waals surface area contributed by atoms with Crippen LogP contribution in [0.15, 0.2) is 199 Å². The number of rotatable bonds is 5. The van der Waals surface area contributed by atoms with Gasteiger partial charge < -0.3 is 14.2 Å². The lowest BCUT2D eigenvalue weighted by atomic mass is 9.65. The molecule has 1 aliphatic carbocycles. The Bertz CT molecular complexity index is 2810. The number of nitrogens with zero attached hydrogens (tertiary/aromatic N) is 2. The van der Waals surface area contributed by atoms with Gasteiger partial charge in [-0.2, -0.15) is 0 Å². The van der Waals surface area contributed by atoms with Gasteiger partial charge in [0.15, 0.2) is 0 Å². The van der Waals surface area contributed by atoms with Crippen LogP contribution in [0.5, 0.6) is 0 Å². The number of anilines is 6. The van der Waals surface area contributed by atoms with E-state index in [1.165, 1.54) is 44.8 Å². The summed E-state index contributed by atoms with van der Waals surface area (Å²) in [5.41, 5.74) is 15.7. The van der Waals surface area contributed by atoms with Gasteiger partial charge >= 0.3 is 0 Å². The van der Waals surface area contributed by atoms with Crippen molar-refractivity contribution >= 4 is 56.1 Å². The summed E-state index contributed by atoms with van der Waals surface area (Å²) in [6.07, 6.45) is 0. The first-order valence-electron chi connectivity index (χ1n) is 17.9. The summed E-state index contributed by atoms with van der Waals surface area (Å²) in [5.74, 6) is 0. The van der Waals surface area contributed by atoms with Gasteiger partial charge in [-0.3, -0.25) is 0 Å². The van der Waals surface area contributed by atoms with Gasteiger partial charge in [0, 0.05) is 28.0 Å². The molecule has 3 heteroatoms. The van der Waals surface area contributed by atoms with Crippen LogP contribution in [0.2, 0.25) is 0 Å². The summed E-state index contributed by atoms with van der Waals surface area (Å²) in [4.78, 5) is 4.85. The van der Waals surface area contributed by atoms with Crippen LogP contribution in [0, 0.1) is 0 Å². The predicted octanol–water partition coefficient (Wildman–Crippen LogP) is 13.2. The third-order valence-corrected chi connectivity index (χ3v) is 11.0. The first-order valence-corrected chi connectivity index (χ1v) is 17.9. The SMILES string of the molecule is c1ccc(N2c3ccccc3C3(c4ccccc4)c4cc(N(c5ccccc5)c5cccc6oc7ccccc7c56)ccc4-c4cccc2c43)cc1. The summed E-state index contributed by atoms with van der Waals surface area (Å²) in [6.45, 7) is 0. The second-order valence-electron chi connectivity index (χ2n) is 13.7. The Morgan fingerprint density at radius 3 is 1.98 bits per heavy atom. The van der Waals surface area contributed by atoms with Crippen molar-refractivity contribution in [2.45, 2.75) is 5.41 Å². The average molecular weight is 665 g/mol. The lowest BCUT2D eigenvalue weighted by Crippen LogP contribution is -2.36. The van der Waals surface area contributed by atoms with E-state index in [4.69, 9.17) is 4.42 Å². The Morgan fingerprint density at radius 2 is 1.13 bits per heavy atom. The zero-order valence-corrected chi connectivity index (χ0v) is 28.3. The van der Waals surface area contributed by atoms with Gasteiger partial charge in [-0.15, -0.1) is 0 Å². The van der Waals surface area contributed by atoms with Crippen LogP contribution < -0.4 is 9.80 Å². The second kappa shape index (κ2) is 11.1. The topological polar surface area (TPSA) is 19.6 Å². The Balaban J connectivity index is 1.23. The van der Waals surface area contributed by atoms with Crippen molar-refractivity contribution in [1.82, 2.24) is 0 Å². The molecular formula is C49H32N2O. The van der Waals surface area contributed by atoms with Gasteiger partial charge in [0.25, 0.3) is 0 Å². The molecule has 244 valence electrons. The Morgan fingerprint density at radius 1 is 0.462 bits per heavy atom. The van der Waals surface area contributed by atoms with Gasteiger partial charge in [0.2, 0.25) is 0 Å². The average Bonchev–Trinajstić information content (AvgIpc) is 3.75. The molecule has 0 N–H and O–H groups in total. The highest BCUT2D eigenvalue weighted by Gasteiger charge is 2.52. The number of para-hydroxylation sites is 4. The molecule has 2 aliphatic rings. The summed E-state index contributed by atoms with van der Waals surface area (Å²) >= 11 is 0. The van der Waals surface area contributed by atoms with Gasteiger partial charge in [-0.1, -0.05) is 127 Å². The monoisotopic (exact) mass is 664 g/mol. The van der Waals surface area contributed by atoms with E-state index in [0.717, 1.165) is 44.7 Å². The van der Waals surface area contributed by atoms with E-state index < -0.39 is 5.41 Å². The van der Waals surface area contributed by atoms with Gasteiger partial charge in [0.1, 0.15) is 11.2 Å². The second-order valence-corrected chi connectivity index (χ2v) is 13.7. The van der Waals surface area contributed by atoms with Crippen LogP contribution in [-0.2, 0) is 5.41 Å². The molecule has 0 spiro atoms. The van der Waals surface area contributed by atoms with Crippen LogP contribution in [-0.4, -0.2) is 0 Å². The number of benzene rings is 8. The molecule has 0 amide bonds. The minimum Gasteiger partial charge on any atom is -0.456 e. The summed E-state index contributed by atoms with van der Waals surface area (Å²) in [7, 11) is 0. The van der Waals surface area contributed by atoms with Crippen molar-refractivity contribution in [3.63, 3.8) is 0 Å². The Kier molecular flexibility index (Phi) is 6.17. The van der Waals surface area contributed by atoms with Crippen molar-refractivity contribution in [3.05, 3.63) is 216 Å². The van der Waals surface area contributed by atoms with Crippen LogP contribution in [0.1, 0.15) is 22.3 Å². The highest BCUT2D eigenvalue weighted by molar-refractivity contribution is 6.13. The fourth-order valence-electron chi connectivity index (χ4n) is 9.04. The zero-order chi connectivity index (χ0) is 34.2. The molecular weight excluding hydrogens is 633 g/mol. The largest absolute Gasteiger partial charge is 0.456 e. The van der Waals surface area contributed by atoms with E-state index in [0.29, 0.717) is 0 Å². The van der Waals surface area contributed by atoms with E-state index in [9.17, 15) is 0 Å². The van der Waals surface area contributed by atoms with E-state index >= 15 is 0 Å². The van der Waals surface area contributed by atoms with E-state index in [2.05, 4.69) is 198 Å². The van der Waals surface area contributed by atoms with Crippen molar-refractivity contribution in [3.8, 4) is 11.1 Å². The maximum Gasteiger partial charge on any atom is 0.137 e.